The van der Waals surface area contributed by atoms with E-state index in [-0.39, 0.29) is 23.5 Å². The van der Waals surface area contributed by atoms with E-state index in [4.69, 9.17) is 35.9 Å². The highest BCUT2D eigenvalue weighted by atomic mass is 35.5. The molecule has 1 saturated heterocycles. The van der Waals surface area contributed by atoms with Gasteiger partial charge in [0.1, 0.15) is 36.1 Å². The molecule has 7 atom stereocenters. The Morgan fingerprint density at radius 2 is 1.89 bits per heavy atom. The second-order valence-electron chi connectivity index (χ2n) is 10.8. The minimum atomic E-state index is -4.27. The van der Waals surface area contributed by atoms with Crippen LogP contribution in [0, 0.1) is 5.92 Å². The van der Waals surface area contributed by atoms with Crippen LogP contribution < -0.4 is 15.3 Å². The number of nitrogens with one attached hydrogen (secondary N) is 1. The van der Waals surface area contributed by atoms with Crippen LogP contribution in [-0.2, 0) is 30.0 Å². The predicted octanol–water partition coefficient (Wildman–Crippen LogP) is 4.40. The summed E-state index contributed by atoms with van der Waals surface area (Å²) < 4.78 is 39.6. The highest BCUT2D eigenvalue weighted by Gasteiger charge is 2.67. The maximum absolute atomic E-state index is 14.4. The lowest BCUT2D eigenvalue weighted by Gasteiger charge is -2.26. The van der Waals surface area contributed by atoms with Gasteiger partial charge in [-0.15, -0.1) is 0 Å². The van der Waals surface area contributed by atoms with Gasteiger partial charge in [-0.2, -0.15) is 15.1 Å². The maximum Gasteiger partial charge on any atom is 0.459 e. The molecular formula is C30H28ClN6O7P. The zero-order valence-electron chi connectivity index (χ0n) is 23.8. The number of esters is 1. The largest absolute Gasteiger partial charge is 0.460 e. The molecule has 1 saturated carbocycles. The Hall–Kier alpha value is -4.10. The third kappa shape index (κ3) is 5.74. The zero-order chi connectivity index (χ0) is 31.3. The number of carbonyl (C=O) groups is 1. The van der Waals surface area contributed by atoms with Crippen LogP contribution in [0.4, 0.5) is 5.82 Å². The van der Waals surface area contributed by atoms with Gasteiger partial charge < -0.3 is 24.8 Å². The number of aliphatic hydroxyl groups is 1. The maximum atomic E-state index is 14.4. The van der Waals surface area contributed by atoms with Gasteiger partial charge >= 0.3 is 13.7 Å². The Balaban J connectivity index is 1.10. The van der Waals surface area contributed by atoms with Gasteiger partial charge in [0.05, 0.1) is 12.4 Å². The fraction of sp³-hybridized carbons (Fsp3) is 0.267. The van der Waals surface area contributed by atoms with Gasteiger partial charge in [0, 0.05) is 11.3 Å². The fourth-order valence-corrected chi connectivity index (χ4v) is 7.42. The highest BCUT2D eigenvalue weighted by Crippen LogP contribution is 2.59. The smallest absolute Gasteiger partial charge is 0.459 e. The van der Waals surface area contributed by atoms with E-state index in [9.17, 15) is 14.5 Å². The summed E-state index contributed by atoms with van der Waals surface area (Å²) in [6.07, 6.45) is -1.99. The van der Waals surface area contributed by atoms with E-state index in [1.807, 2.05) is 60.7 Å². The van der Waals surface area contributed by atoms with Crippen molar-refractivity contribution in [3.05, 3.63) is 90.0 Å². The first kappa shape index (κ1) is 29.6. The van der Waals surface area contributed by atoms with Crippen molar-refractivity contribution in [3.8, 4) is 5.75 Å². The molecule has 5 aromatic rings. The highest BCUT2D eigenvalue weighted by molar-refractivity contribution is 7.52. The molecule has 0 spiro atoms. The summed E-state index contributed by atoms with van der Waals surface area (Å²) in [4.78, 5) is 25.2. The van der Waals surface area contributed by atoms with E-state index >= 15 is 0 Å². The summed E-state index contributed by atoms with van der Waals surface area (Å²) in [5, 5.41) is 15.4. The Bertz CT molecular complexity index is 1940. The van der Waals surface area contributed by atoms with Crippen LogP contribution in [0.15, 0.2) is 79.1 Å². The topological polar surface area (TPSA) is 173 Å². The second-order valence-corrected chi connectivity index (χ2v) is 12.8. The lowest BCUT2D eigenvalue weighted by Crippen LogP contribution is -2.36. The first-order valence-electron chi connectivity index (χ1n) is 14.1. The normalized spacial score (nSPS) is 24.2. The number of nitrogens with zero attached hydrogens (tertiary/aromatic N) is 4. The number of fused-ring (bicyclic) bond motifs is 3. The molecule has 0 bridgehead atoms. The lowest BCUT2D eigenvalue weighted by molar-refractivity contribution is -0.146. The van der Waals surface area contributed by atoms with Crippen LogP contribution in [0.1, 0.15) is 18.7 Å². The van der Waals surface area contributed by atoms with Crippen molar-refractivity contribution < 1.29 is 33.0 Å². The van der Waals surface area contributed by atoms with Crippen molar-refractivity contribution in [2.75, 3.05) is 5.73 Å². The molecule has 2 fully saturated rings. The van der Waals surface area contributed by atoms with E-state index in [0.29, 0.717) is 16.6 Å². The summed E-state index contributed by atoms with van der Waals surface area (Å²) >= 11 is 6.00. The van der Waals surface area contributed by atoms with Crippen LogP contribution >= 0.6 is 19.3 Å². The summed E-state index contributed by atoms with van der Waals surface area (Å²) in [6.45, 7) is 1.55. The van der Waals surface area contributed by atoms with E-state index < -0.39 is 50.2 Å². The molecule has 13 nitrogen and oxygen atoms in total. The third-order valence-corrected chi connectivity index (χ3v) is 9.61. The summed E-state index contributed by atoms with van der Waals surface area (Å²) in [7, 11) is -4.27. The molecule has 0 amide bonds. The molecule has 15 heteroatoms. The average molecular weight is 651 g/mol. The second kappa shape index (κ2) is 11.7. The molecule has 232 valence electrons. The number of aliphatic hydroxyl groups excluding tert-OH is 1. The van der Waals surface area contributed by atoms with Crippen molar-refractivity contribution in [3.63, 3.8) is 0 Å². The molecule has 3 unspecified atom stereocenters. The van der Waals surface area contributed by atoms with Crippen molar-refractivity contribution >= 4 is 53.1 Å². The fourth-order valence-electron chi connectivity index (χ4n) is 5.51. The van der Waals surface area contributed by atoms with Crippen LogP contribution in [0.2, 0.25) is 5.28 Å². The molecule has 2 aromatic heterocycles. The molecule has 4 N–H and O–H groups in total. The number of hydrogen-bond acceptors (Lipinski definition) is 11. The van der Waals surface area contributed by atoms with Crippen LogP contribution in [0.3, 0.4) is 0 Å². The van der Waals surface area contributed by atoms with Gasteiger partial charge in [0.15, 0.2) is 17.7 Å². The molecular weight excluding hydrogens is 623 g/mol. The van der Waals surface area contributed by atoms with Gasteiger partial charge in [-0.1, -0.05) is 66.7 Å². The molecule has 1 aliphatic heterocycles. The standard InChI is InChI=1S/C30H28ClN6O7P/c1-16(29(39)41-14-17-8-3-2-4-9-17)36-45(40,43-20-13-7-11-18-10-5-6-12-19(18)20)44-25-21-23(38)28(42-24(21)25)37-15-33-22-26(32)34-30(31)35-27(22)37/h2-13,15-16,21,23-25,28,38H,14H2,1H3,(H,36,40)(H2,32,34,35)/t16-,21?,23+,24-,25?,28+,45?/m0/s1. The van der Waals surface area contributed by atoms with Crippen molar-refractivity contribution in [1.82, 2.24) is 24.6 Å². The van der Waals surface area contributed by atoms with Crippen LogP contribution in [0.5, 0.6) is 5.75 Å². The Labute approximate surface area is 261 Å². The monoisotopic (exact) mass is 650 g/mol. The number of nitrogen functional groups attached to an aromatic ring is 1. The first-order valence-corrected chi connectivity index (χ1v) is 16.1. The molecule has 7 rings (SSSR count). The number of rotatable bonds is 10. The number of imidazole rings is 1. The molecule has 45 heavy (non-hydrogen) atoms. The number of carbonyl (C=O) groups excluding carboxylic acids is 1. The van der Waals surface area contributed by atoms with E-state index in [0.717, 1.165) is 10.9 Å². The SMILES string of the molecule is C[C@H](NP(=O)(Oc1cccc2ccccc12)OC1C2[C@@H]1O[C@@H](n1cnc3c(N)nc(Cl)nc31)[C@@H]2O)C(=O)OCc1ccccc1. The van der Waals surface area contributed by atoms with Gasteiger partial charge in [-0.25, -0.2) is 9.55 Å². The Morgan fingerprint density at radius 3 is 2.67 bits per heavy atom. The molecule has 0 radical (unpaired) electrons. The molecule has 3 aromatic carbocycles. The van der Waals surface area contributed by atoms with E-state index in [1.165, 1.54) is 17.8 Å². The number of aromatic nitrogens is 4. The summed E-state index contributed by atoms with van der Waals surface area (Å²) in [5.74, 6) is -0.827. The zero-order valence-corrected chi connectivity index (χ0v) is 25.4. The molecule has 3 heterocycles. The Morgan fingerprint density at radius 1 is 1.13 bits per heavy atom. The number of anilines is 1. The average Bonchev–Trinajstić information content (AvgIpc) is 3.32. The van der Waals surface area contributed by atoms with E-state index in [2.05, 4.69) is 20.0 Å². The van der Waals surface area contributed by atoms with Gasteiger partial charge in [0.25, 0.3) is 0 Å². The number of hydrogen-bond donors (Lipinski definition) is 3. The van der Waals surface area contributed by atoms with Crippen molar-refractivity contribution in [2.45, 2.75) is 44.1 Å². The minimum Gasteiger partial charge on any atom is -0.460 e. The quantitative estimate of drug-likeness (QED) is 0.111. The van der Waals surface area contributed by atoms with Gasteiger partial charge in [0.2, 0.25) is 5.28 Å². The van der Waals surface area contributed by atoms with Gasteiger partial charge in [-0.3, -0.25) is 13.9 Å². The molecule has 2 aliphatic rings. The van der Waals surface area contributed by atoms with Gasteiger partial charge in [-0.05, 0) is 35.5 Å². The summed E-state index contributed by atoms with van der Waals surface area (Å²) in [6, 6.07) is 20.9. The van der Waals surface area contributed by atoms with Crippen LogP contribution in [0.25, 0.3) is 21.9 Å². The minimum absolute atomic E-state index is 0.0416. The first-order chi connectivity index (χ1) is 21.7. The van der Waals surface area contributed by atoms with Crippen LogP contribution in [-0.4, -0.2) is 54.9 Å². The van der Waals surface area contributed by atoms with Crippen molar-refractivity contribution in [1.29, 1.82) is 0 Å². The predicted molar refractivity (Wildman–Crippen MR) is 164 cm³/mol. The number of benzene rings is 3. The number of halogens is 1. The lowest BCUT2D eigenvalue weighted by atomic mass is 10.1. The van der Waals surface area contributed by atoms with E-state index in [1.54, 1.807) is 12.1 Å². The summed E-state index contributed by atoms with van der Waals surface area (Å²) in [5.41, 5.74) is 7.33. The number of ether oxygens (including phenoxy) is 2. The number of nitrogens with two attached hydrogens (primary N) is 1. The third-order valence-electron chi connectivity index (χ3n) is 7.78. The Kier molecular flexibility index (Phi) is 7.68. The van der Waals surface area contributed by atoms with Crippen molar-refractivity contribution in [2.24, 2.45) is 5.92 Å². The molecule has 1 aliphatic carbocycles.